The van der Waals surface area contributed by atoms with Gasteiger partial charge < -0.3 is 4.90 Å². The van der Waals surface area contributed by atoms with Gasteiger partial charge in [-0.3, -0.25) is 4.79 Å². The molecule has 0 N–H and O–H groups in total. The van der Waals surface area contributed by atoms with Gasteiger partial charge in [0.25, 0.3) is 5.91 Å². The summed E-state index contributed by atoms with van der Waals surface area (Å²) in [7, 11) is 1.76. The molecule has 0 atom stereocenters. The SMILES string of the molecule is C=C1Cc2ccccc2C(=O)N1C.CC. The Balaban J connectivity index is 0.000000531. The fraction of sp³-hybridized carbons (Fsp3) is 0.308. The van der Waals surface area contributed by atoms with E-state index in [9.17, 15) is 4.79 Å². The van der Waals surface area contributed by atoms with E-state index in [-0.39, 0.29) is 5.91 Å². The van der Waals surface area contributed by atoms with Crippen molar-refractivity contribution < 1.29 is 4.79 Å². The number of hydrogen-bond acceptors (Lipinski definition) is 1. The number of allylic oxidation sites excluding steroid dienone is 1. The van der Waals surface area contributed by atoms with Crippen LogP contribution >= 0.6 is 0 Å². The lowest BCUT2D eigenvalue weighted by molar-refractivity contribution is 0.0823. The van der Waals surface area contributed by atoms with Crippen LogP contribution in [-0.4, -0.2) is 17.9 Å². The standard InChI is InChI=1S/C11H11NO.C2H6/c1-8-7-9-5-3-4-6-10(9)11(13)12(8)2;1-2/h3-6H,1,7H2,2H3;1-2H3. The highest BCUT2D eigenvalue weighted by molar-refractivity contribution is 5.98. The number of likely N-dealkylation sites (N-methyl/N-ethyl adjacent to an activating group) is 1. The molecule has 1 aromatic carbocycles. The highest BCUT2D eigenvalue weighted by atomic mass is 16.2. The Labute approximate surface area is 91.2 Å². The molecular weight excluding hydrogens is 186 g/mol. The molecule has 2 rings (SSSR count). The van der Waals surface area contributed by atoms with Gasteiger partial charge in [-0.2, -0.15) is 0 Å². The van der Waals surface area contributed by atoms with E-state index in [1.165, 1.54) is 0 Å². The number of nitrogens with zero attached hydrogens (tertiary/aromatic N) is 1. The van der Waals surface area contributed by atoms with Crippen LogP contribution in [0.15, 0.2) is 36.5 Å². The van der Waals surface area contributed by atoms with Crippen molar-refractivity contribution in [3.05, 3.63) is 47.7 Å². The zero-order chi connectivity index (χ0) is 11.4. The molecule has 0 unspecified atom stereocenters. The Morgan fingerprint density at radius 2 is 1.87 bits per heavy atom. The number of carbonyl (C=O) groups is 1. The first-order valence-corrected chi connectivity index (χ1v) is 5.24. The first kappa shape index (κ1) is 11.5. The van der Waals surface area contributed by atoms with Crippen LogP contribution in [0.5, 0.6) is 0 Å². The molecule has 0 saturated heterocycles. The summed E-state index contributed by atoms with van der Waals surface area (Å²) in [6, 6.07) is 7.68. The lowest BCUT2D eigenvalue weighted by Gasteiger charge is -2.26. The smallest absolute Gasteiger partial charge is 0.258 e. The third-order valence-electron chi connectivity index (χ3n) is 2.42. The second-order valence-electron chi connectivity index (χ2n) is 3.26. The lowest BCUT2D eigenvalue weighted by Crippen LogP contribution is -2.31. The molecule has 0 bridgehead atoms. The molecule has 80 valence electrons. The van der Waals surface area contributed by atoms with Gasteiger partial charge in [-0.25, -0.2) is 0 Å². The minimum Gasteiger partial charge on any atom is -0.315 e. The van der Waals surface area contributed by atoms with Crippen molar-refractivity contribution in [2.45, 2.75) is 20.3 Å². The van der Waals surface area contributed by atoms with E-state index in [1.54, 1.807) is 11.9 Å². The second-order valence-corrected chi connectivity index (χ2v) is 3.26. The maximum Gasteiger partial charge on any atom is 0.258 e. The van der Waals surface area contributed by atoms with Crippen molar-refractivity contribution in [3.63, 3.8) is 0 Å². The summed E-state index contributed by atoms with van der Waals surface area (Å²) in [6.07, 6.45) is 0.776. The van der Waals surface area contributed by atoms with Crippen molar-refractivity contribution in [2.75, 3.05) is 7.05 Å². The van der Waals surface area contributed by atoms with E-state index in [1.807, 2.05) is 38.1 Å². The molecule has 0 aromatic heterocycles. The van der Waals surface area contributed by atoms with E-state index >= 15 is 0 Å². The van der Waals surface area contributed by atoms with Gasteiger partial charge in [0, 0.05) is 24.7 Å². The Morgan fingerprint density at radius 3 is 2.53 bits per heavy atom. The molecule has 1 aliphatic rings. The molecule has 0 spiro atoms. The fourth-order valence-electron chi connectivity index (χ4n) is 1.55. The van der Waals surface area contributed by atoms with Crippen LogP contribution in [0.25, 0.3) is 0 Å². The highest BCUT2D eigenvalue weighted by Crippen LogP contribution is 2.22. The van der Waals surface area contributed by atoms with Crippen molar-refractivity contribution in [1.82, 2.24) is 4.90 Å². The van der Waals surface area contributed by atoms with E-state index < -0.39 is 0 Å². The molecule has 0 fully saturated rings. The first-order chi connectivity index (χ1) is 7.20. The first-order valence-electron chi connectivity index (χ1n) is 5.24. The van der Waals surface area contributed by atoms with Crippen LogP contribution in [0.1, 0.15) is 29.8 Å². The number of amides is 1. The third kappa shape index (κ3) is 2.09. The number of benzene rings is 1. The number of rotatable bonds is 0. The van der Waals surface area contributed by atoms with Crippen LogP contribution in [0.2, 0.25) is 0 Å². The largest absolute Gasteiger partial charge is 0.315 e. The topological polar surface area (TPSA) is 20.3 Å². The molecule has 0 radical (unpaired) electrons. The van der Waals surface area contributed by atoms with E-state index in [4.69, 9.17) is 0 Å². The summed E-state index contributed by atoms with van der Waals surface area (Å²) in [4.78, 5) is 13.3. The summed E-state index contributed by atoms with van der Waals surface area (Å²) in [5.41, 5.74) is 2.75. The molecule has 1 aliphatic heterocycles. The Hall–Kier alpha value is -1.57. The van der Waals surface area contributed by atoms with Gasteiger partial charge in [-0.1, -0.05) is 38.6 Å². The third-order valence-corrected chi connectivity index (χ3v) is 2.42. The maximum atomic E-state index is 11.7. The van der Waals surface area contributed by atoms with Gasteiger partial charge in [0.1, 0.15) is 0 Å². The highest BCUT2D eigenvalue weighted by Gasteiger charge is 2.23. The molecule has 0 saturated carbocycles. The summed E-state index contributed by atoms with van der Waals surface area (Å²) in [5.74, 6) is 0.0480. The van der Waals surface area contributed by atoms with Crippen LogP contribution < -0.4 is 0 Å². The fourth-order valence-corrected chi connectivity index (χ4v) is 1.55. The monoisotopic (exact) mass is 203 g/mol. The maximum absolute atomic E-state index is 11.7. The predicted octanol–water partition coefficient (Wildman–Crippen LogP) is 2.85. The molecular formula is C13H17NO. The zero-order valence-corrected chi connectivity index (χ0v) is 9.58. The van der Waals surface area contributed by atoms with Gasteiger partial charge in [0.05, 0.1) is 0 Å². The quantitative estimate of drug-likeness (QED) is 0.635. The number of hydrogen-bond donors (Lipinski definition) is 0. The van der Waals surface area contributed by atoms with Gasteiger partial charge in [-0.15, -0.1) is 0 Å². The van der Waals surface area contributed by atoms with Crippen LogP contribution in [0.3, 0.4) is 0 Å². The average molecular weight is 203 g/mol. The molecule has 2 heteroatoms. The van der Waals surface area contributed by atoms with E-state index in [0.717, 1.165) is 23.2 Å². The minimum absolute atomic E-state index is 0.0480. The Morgan fingerprint density at radius 1 is 1.27 bits per heavy atom. The number of fused-ring (bicyclic) bond motifs is 1. The normalized spacial score (nSPS) is 14.2. The summed E-state index contributed by atoms with van der Waals surface area (Å²) < 4.78 is 0. The predicted molar refractivity (Wildman–Crippen MR) is 62.7 cm³/mol. The summed E-state index contributed by atoms with van der Waals surface area (Å²) in [5, 5.41) is 0. The average Bonchev–Trinajstić information content (AvgIpc) is 2.29. The zero-order valence-electron chi connectivity index (χ0n) is 9.58. The van der Waals surface area contributed by atoms with Crippen molar-refractivity contribution >= 4 is 5.91 Å². The van der Waals surface area contributed by atoms with Gasteiger partial charge in [0.2, 0.25) is 0 Å². The lowest BCUT2D eigenvalue weighted by atomic mass is 9.98. The molecule has 1 amide bonds. The minimum atomic E-state index is 0.0480. The van der Waals surface area contributed by atoms with Crippen LogP contribution in [0.4, 0.5) is 0 Å². The molecule has 1 aromatic rings. The van der Waals surface area contributed by atoms with Crippen LogP contribution in [-0.2, 0) is 6.42 Å². The summed E-state index contributed by atoms with van der Waals surface area (Å²) >= 11 is 0. The van der Waals surface area contributed by atoms with Crippen molar-refractivity contribution in [1.29, 1.82) is 0 Å². The Kier molecular flexibility index (Phi) is 3.67. The van der Waals surface area contributed by atoms with Crippen molar-refractivity contribution in [2.24, 2.45) is 0 Å². The van der Waals surface area contributed by atoms with Crippen molar-refractivity contribution in [3.8, 4) is 0 Å². The molecule has 15 heavy (non-hydrogen) atoms. The summed E-state index contributed by atoms with van der Waals surface area (Å²) in [6.45, 7) is 7.85. The number of carbonyl (C=O) groups excluding carboxylic acids is 1. The Bertz CT molecular complexity index is 382. The van der Waals surface area contributed by atoms with Gasteiger partial charge >= 0.3 is 0 Å². The van der Waals surface area contributed by atoms with Gasteiger partial charge in [-0.05, 0) is 11.6 Å². The second kappa shape index (κ2) is 4.78. The van der Waals surface area contributed by atoms with E-state index in [2.05, 4.69) is 6.58 Å². The van der Waals surface area contributed by atoms with Gasteiger partial charge in [0.15, 0.2) is 0 Å². The van der Waals surface area contributed by atoms with E-state index in [0.29, 0.717) is 0 Å². The van der Waals surface area contributed by atoms with Crippen LogP contribution in [0, 0.1) is 0 Å². The molecule has 1 heterocycles. The molecule has 0 aliphatic carbocycles. The molecule has 2 nitrogen and oxygen atoms in total.